The number of Topliss-reactive ketones (excluding diaryl/α,β-unsaturated/α-hetero) is 1. The summed E-state index contributed by atoms with van der Waals surface area (Å²) in [4.78, 5) is 11.9. The Labute approximate surface area is 110 Å². The molecule has 1 aromatic rings. The van der Waals surface area contributed by atoms with Gasteiger partial charge in [-0.25, -0.2) is 0 Å². The van der Waals surface area contributed by atoms with Crippen LogP contribution in [-0.2, 0) is 0 Å². The summed E-state index contributed by atoms with van der Waals surface area (Å²) in [5.74, 6) is 0.426. The molecule has 0 amide bonds. The van der Waals surface area contributed by atoms with Gasteiger partial charge in [0.05, 0.1) is 23.7 Å². The summed E-state index contributed by atoms with van der Waals surface area (Å²) in [5, 5.41) is 3.91. The normalized spacial score (nSPS) is 14.8. The predicted octanol–water partition coefficient (Wildman–Crippen LogP) is 2.94. The van der Waals surface area contributed by atoms with E-state index in [2.05, 4.69) is 5.32 Å². The van der Waals surface area contributed by atoms with Gasteiger partial charge in [-0.05, 0) is 18.9 Å². The predicted molar refractivity (Wildman–Crippen MR) is 68.4 cm³/mol. The topological polar surface area (TPSA) is 38.3 Å². The fourth-order valence-electron chi connectivity index (χ4n) is 1.52. The van der Waals surface area contributed by atoms with Gasteiger partial charge in [0.15, 0.2) is 5.78 Å². The Balaban J connectivity index is 2.13. The standard InChI is InChI=1S/C12H13Cl2NO2/c1-17-12-5-9(13)8(4-10(12)14)11(16)6-15-7-2-3-7/h4-5,7,15H,2-3,6H2,1H3. The molecule has 0 aliphatic heterocycles. The van der Waals surface area contributed by atoms with Crippen LogP contribution in [-0.4, -0.2) is 25.5 Å². The number of ether oxygens (including phenoxy) is 1. The van der Waals surface area contributed by atoms with E-state index in [1.54, 1.807) is 12.1 Å². The highest BCUT2D eigenvalue weighted by molar-refractivity contribution is 6.36. The summed E-state index contributed by atoms with van der Waals surface area (Å²) in [5.41, 5.74) is 0.436. The van der Waals surface area contributed by atoms with Crippen molar-refractivity contribution in [1.29, 1.82) is 0 Å². The zero-order chi connectivity index (χ0) is 12.4. The van der Waals surface area contributed by atoms with Crippen molar-refractivity contribution in [3.8, 4) is 5.75 Å². The number of hydrogen-bond acceptors (Lipinski definition) is 3. The van der Waals surface area contributed by atoms with Crippen molar-refractivity contribution in [2.75, 3.05) is 13.7 Å². The molecule has 1 saturated carbocycles. The van der Waals surface area contributed by atoms with Crippen molar-refractivity contribution in [2.45, 2.75) is 18.9 Å². The van der Waals surface area contributed by atoms with Gasteiger partial charge in [-0.1, -0.05) is 23.2 Å². The first-order chi connectivity index (χ1) is 8.11. The third kappa shape index (κ3) is 3.12. The minimum absolute atomic E-state index is 0.0496. The van der Waals surface area contributed by atoms with E-state index in [9.17, 15) is 4.79 Å². The second-order valence-electron chi connectivity index (χ2n) is 4.04. The van der Waals surface area contributed by atoms with Gasteiger partial charge >= 0.3 is 0 Å². The first-order valence-corrected chi connectivity index (χ1v) is 6.17. The lowest BCUT2D eigenvalue weighted by atomic mass is 10.1. The number of benzene rings is 1. The van der Waals surface area contributed by atoms with Gasteiger partial charge in [-0.2, -0.15) is 0 Å². The highest BCUT2D eigenvalue weighted by Crippen LogP contribution is 2.31. The molecule has 1 aromatic carbocycles. The third-order valence-electron chi connectivity index (χ3n) is 2.67. The van der Waals surface area contributed by atoms with E-state index in [0.717, 1.165) is 12.8 Å². The Hall–Kier alpha value is -0.770. The quantitative estimate of drug-likeness (QED) is 0.839. The summed E-state index contributed by atoms with van der Waals surface area (Å²) in [6.45, 7) is 0.299. The van der Waals surface area contributed by atoms with Gasteiger partial charge in [0.25, 0.3) is 0 Å². The van der Waals surface area contributed by atoms with E-state index in [1.165, 1.54) is 7.11 Å². The summed E-state index contributed by atoms with van der Waals surface area (Å²) in [6, 6.07) is 3.61. The zero-order valence-electron chi connectivity index (χ0n) is 9.43. The van der Waals surface area contributed by atoms with E-state index in [-0.39, 0.29) is 5.78 Å². The summed E-state index contributed by atoms with van der Waals surface area (Å²) in [6.07, 6.45) is 2.29. The van der Waals surface area contributed by atoms with E-state index in [4.69, 9.17) is 27.9 Å². The number of rotatable bonds is 5. The van der Waals surface area contributed by atoms with Crippen LogP contribution in [0.5, 0.6) is 5.75 Å². The van der Waals surface area contributed by atoms with Crippen LogP contribution >= 0.6 is 23.2 Å². The van der Waals surface area contributed by atoms with E-state index in [0.29, 0.717) is 33.9 Å². The molecule has 2 rings (SSSR count). The van der Waals surface area contributed by atoms with Crippen LogP contribution in [0.4, 0.5) is 0 Å². The molecule has 0 bridgehead atoms. The molecule has 92 valence electrons. The fourth-order valence-corrected chi connectivity index (χ4v) is 2.02. The lowest BCUT2D eigenvalue weighted by Crippen LogP contribution is -2.25. The van der Waals surface area contributed by atoms with Crippen LogP contribution in [0.25, 0.3) is 0 Å². The molecule has 0 radical (unpaired) electrons. The monoisotopic (exact) mass is 273 g/mol. The summed E-state index contributed by atoms with van der Waals surface area (Å²) < 4.78 is 5.03. The lowest BCUT2D eigenvalue weighted by molar-refractivity contribution is 0.0990. The number of hydrogen-bond donors (Lipinski definition) is 1. The highest BCUT2D eigenvalue weighted by Gasteiger charge is 2.22. The van der Waals surface area contributed by atoms with E-state index < -0.39 is 0 Å². The van der Waals surface area contributed by atoms with Crippen molar-refractivity contribution in [1.82, 2.24) is 5.32 Å². The van der Waals surface area contributed by atoms with Crippen molar-refractivity contribution < 1.29 is 9.53 Å². The number of carbonyl (C=O) groups is 1. The maximum atomic E-state index is 11.9. The van der Waals surface area contributed by atoms with Crippen LogP contribution in [0.15, 0.2) is 12.1 Å². The molecule has 0 atom stereocenters. The van der Waals surface area contributed by atoms with Crippen molar-refractivity contribution >= 4 is 29.0 Å². The SMILES string of the molecule is COc1cc(Cl)c(C(=O)CNC2CC2)cc1Cl. The Morgan fingerprint density at radius 1 is 1.41 bits per heavy atom. The highest BCUT2D eigenvalue weighted by atomic mass is 35.5. The minimum atomic E-state index is -0.0496. The van der Waals surface area contributed by atoms with Gasteiger partial charge < -0.3 is 10.1 Å². The zero-order valence-corrected chi connectivity index (χ0v) is 10.9. The fraction of sp³-hybridized carbons (Fsp3) is 0.417. The molecule has 0 aromatic heterocycles. The molecule has 1 N–H and O–H groups in total. The second kappa shape index (κ2) is 5.25. The first kappa shape index (κ1) is 12.7. The Morgan fingerprint density at radius 2 is 2.12 bits per heavy atom. The van der Waals surface area contributed by atoms with Crippen LogP contribution in [0.2, 0.25) is 10.0 Å². The number of carbonyl (C=O) groups excluding carboxylic acids is 1. The summed E-state index contributed by atoms with van der Waals surface area (Å²) >= 11 is 12.0. The average Bonchev–Trinajstić information content (AvgIpc) is 3.12. The number of methoxy groups -OCH3 is 1. The minimum Gasteiger partial charge on any atom is -0.495 e. The number of halogens is 2. The molecule has 1 aliphatic rings. The van der Waals surface area contributed by atoms with E-state index in [1.807, 2.05) is 0 Å². The molecule has 5 heteroatoms. The van der Waals surface area contributed by atoms with E-state index >= 15 is 0 Å². The molecular weight excluding hydrogens is 261 g/mol. The third-order valence-corrected chi connectivity index (χ3v) is 3.28. The van der Waals surface area contributed by atoms with Crippen LogP contribution in [0.3, 0.4) is 0 Å². The van der Waals surface area contributed by atoms with Gasteiger partial charge in [0.2, 0.25) is 0 Å². The Bertz CT molecular complexity index is 444. The van der Waals surface area contributed by atoms with Crippen LogP contribution in [0.1, 0.15) is 23.2 Å². The van der Waals surface area contributed by atoms with Gasteiger partial charge in [0.1, 0.15) is 5.75 Å². The maximum Gasteiger partial charge on any atom is 0.178 e. The molecule has 17 heavy (non-hydrogen) atoms. The van der Waals surface area contributed by atoms with Crippen LogP contribution < -0.4 is 10.1 Å². The summed E-state index contributed by atoms with van der Waals surface area (Å²) in [7, 11) is 1.51. The van der Waals surface area contributed by atoms with Gasteiger partial charge in [0, 0.05) is 17.7 Å². The molecule has 1 fully saturated rings. The van der Waals surface area contributed by atoms with Gasteiger partial charge in [-0.15, -0.1) is 0 Å². The molecule has 0 heterocycles. The van der Waals surface area contributed by atoms with Crippen molar-refractivity contribution in [3.63, 3.8) is 0 Å². The Morgan fingerprint density at radius 3 is 2.71 bits per heavy atom. The second-order valence-corrected chi connectivity index (χ2v) is 4.86. The van der Waals surface area contributed by atoms with Gasteiger partial charge in [-0.3, -0.25) is 4.79 Å². The maximum absolute atomic E-state index is 11.9. The molecule has 0 saturated heterocycles. The molecule has 1 aliphatic carbocycles. The smallest absolute Gasteiger partial charge is 0.178 e. The number of ketones is 1. The number of nitrogens with one attached hydrogen (secondary N) is 1. The lowest BCUT2D eigenvalue weighted by Gasteiger charge is -2.08. The molecule has 3 nitrogen and oxygen atoms in total. The molecule has 0 spiro atoms. The first-order valence-electron chi connectivity index (χ1n) is 5.41. The molecule has 0 unspecified atom stereocenters. The Kier molecular flexibility index (Phi) is 3.92. The molecular formula is C12H13Cl2NO2. The average molecular weight is 274 g/mol. The van der Waals surface area contributed by atoms with Crippen LogP contribution in [0, 0.1) is 0 Å². The van der Waals surface area contributed by atoms with Crippen molar-refractivity contribution in [3.05, 3.63) is 27.7 Å². The van der Waals surface area contributed by atoms with Crippen molar-refractivity contribution in [2.24, 2.45) is 0 Å². The largest absolute Gasteiger partial charge is 0.495 e.